The second-order valence-electron chi connectivity index (χ2n) is 6.56. The third kappa shape index (κ3) is 4.45. The van der Waals surface area contributed by atoms with Gasteiger partial charge in [0.25, 0.3) is 10.0 Å². The van der Waals surface area contributed by atoms with E-state index in [2.05, 4.69) is 4.72 Å². The van der Waals surface area contributed by atoms with Gasteiger partial charge in [0.1, 0.15) is 0 Å². The Hall–Kier alpha value is -1.61. The average molecular weight is 431 g/mol. The van der Waals surface area contributed by atoms with E-state index in [1.165, 1.54) is 37.4 Å². The number of rotatable bonds is 6. The smallest absolute Gasteiger partial charge is 0.264 e. The summed E-state index contributed by atoms with van der Waals surface area (Å²) in [5.74, 6) is 0. The van der Waals surface area contributed by atoms with Crippen molar-refractivity contribution in [2.75, 3.05) is 11.4 Å². The summed E-state index contributed by atoms with van der Waals surface area (Å²) in [5.41, 5.74) is 1.34. The molecule has 0 fully saturated rings. The van der Waals surface area contributed by atoms with Crippen LogP contribution in [0.15, 0.2) is 46.2 Å². The molecule has 0 amide bonds. The molecule has 0 aliphatic rings. The summed E-state index contributed by atoms with van der Waals surface area (Å²) in [6, 6.07) is 8.63. The lowest BCUT2D eigenvalue weighted by molar-refractivity contribution is 0.569. The minimum atomic E-state index is -3.88. The summed E-state index contributed by atoms with van der Waals surface area (Å²) in [7, 11) is -6.24. The molecule has 9 heteroatoms. The van der Waals surface area contributed by atoms with Crippen LogP contribution in [0.5, 0.6) is 0 Å². The van der Waals surface area contributed by atoms with Crippen LogP contribution in [0, 0.1) is 13.8 Å². The molecule has 0 aromatic heterocycles. The fourth-order valence-corrected chi connectivity index (χ4v) is 5.79. The second-order valence-corrected chi connectivity index (χ2v) is 10.6. The molecule has 0 unspecified atom stereocenters. The van der Waals surface area contributed by atoms with Gasteiger partial charge in [0.05, 0.1) is 15.5 Å². The van der Waals surface area contributed by atoms with Gasteiger partial charge in [-0.05, 0) is 69.2 Å². The van der Waals surface area contributed by atoms with E-state index in [1.54, 1.807) is 33.8 Å². The summed E-state index contributed by atoms with van der Waals surface area (Å²) >= 11 is 5.84. The van der Waals surface area contributed by atoms with Crippen molar-refractivity contribution in [3.05, 3.63) is 52.5 Å². The molecule has 0 atom stereocenters. The third-order valence-electron chi connectivity index (χ3n) is 4.05. The van der Waals surface area contributed by atoms with Gasteiger partial charge < -0.3 is 0 Å². The average Bonchev–Trinajstić information content (AvgIpc) is 2.53. The summed E-state index contributed by atoms with van der Waals surface area (Å²) in [6.07, 6.45) is 0. The predicted molar refractivity (Wildman–Crippen MR) is 108 cm³/mol. The van der Waals surface area contributed by atoms with Gasteiger partial charge >= 0.3 is 0 Å². The minimum absolute atomic E-state index is 0.0509. The lowest BCUT2D eigenvalue weighted by Crippen LogP contribution is -2.32. The van der Waals surface area contributed by atoms with E-state index in [9.17, 15) is 16.8 Å². The van der Waals surface area contributed by atoms with Crippen molar-refractivity contribution in [2.24, 2.45) is 0 Å². The van der Waals surface area contributed by atoms with Gasteiger partial charge in [-0.3, -0.25) is 4.31 Å². The number of nitrogens with zero attached hydrogens (tertiary/aromatic N) is 1. The number of hydrogen-bond acceptors (Lipinski definition) is 4. The van der Waals surface area contributed by atoms with Crippen molar-refractivity contribution >= 4 is 37.3 Å². The molecule has 0 saturated heterocycles. The molecular weight excluding hydrogens is 408 g/mol. The van der Waals surface area contributed by atoms with Crippen molar-refractivity contribution in [1.29, 1.82) is 0 Å². The Morgan fingerprint density at radius 1 is 0.963 bits per heavy atom. The maximum Gasteiger partial charge on any atom is 0.264 e. The lowest BCUT2D eigenvalue weighted by atomic mass is 10.1. The molecule has 0 spiro atoms. The Morgan fingerprint density at radius 3 is 2.04 bits per heavy atom. The molecule has 0 radical (unpaired) electrons. The van der Waals surface area contributed by atoms with E-state index in [0.29, 0.717) is 21.8 Å². The van der Waals surface area contributed by atoms with Gasteiger partial charge in [0.2, 0.25) is 10.0 Å². The summed E-state index contributed by atoms with van der Waals surface area (Å²) in [6.45, 7) is 6.78. The van der Waals surface area contributed by atoms with Crippen LogP contribution in [0.3, 0.4) is 0 Å². The molecule has 0 saturated carbocycles. The van der Waals surface area contributed by atoms with Crippen LogP contribution >= 0.6 is 11.6 Å². The zero-order chi connectivity index (χ0) is 20.6. The lowest BCUT2D eigenvalue weighted by Gasteiger charge is -2.25. The van der Waals surface area contributed by atoms with Gasteiger partial charge in [-0.25, -0.2) is 21.6 Å². The molecule has 2 aromatic rings. The largest absolute Gasteiger partial charge is 0.269 e. The Bertz CT molecular complexity index is 1050. The first-order valence-corrected chi connectivity index (χ1v) is 11.5. The standard InChI is InChI=1S/C18H23ClN2O4S2/c1-12(2)20-26(22,23)17-11-6-13(3)18(14(17)4)21(5)27(24,25)16-9-7-15(19)8-10-16/h6-12,20H,1-5H3. The number of hydrogen-bond donors (Lipinski definition) is 1. The molecule has 1 N–H and O–H groups in total. The Labute approximate surface area is 166 Å². The first kappa shape index (κ1) is 21.7. The van der Waals surface area contributed by atoms with Crippen molar-refractivity contribution in [3.8, 4) is 0 Å². The number of sulfonamides is 2. The van der Waals surface area contributed by atoms with Crippen molar-refractivity contribution in [3.63, 3.8) is 0 Å². The summed E-state index contributed by atoms with van der Waals surface area (Å²) < 4.78 is 54.9. The van der Waals surface area contributed by atoms with E-state index in [0.717, 1.165) is 4.31 Å². The quantitative estimate of drug-likeness (QED) is 0.760. The van der Waals surface area contributed by atoms with Crippen molar-refractivity contribution < 1.29 is 16.8 Å². The van der Waals surface area contributed by atoms with E-state index in [4.69, 9.17) is 11.6 Å². The van der Waals surface area contributed by atoms with Crippen LogP contribution in [-0.2, 0) is 20.0 Å². The number of nitrogens with one attached hydrogen (secondary N) is 1. The molecule has 6 nitrogen and oxygen atoms in total. The highest BCUT2D eigenvalue weighted by Gasteiger charge is 2.27. The molecule has 2 aromatic carbocycles. The number of aryl methyl sites for hydroxylation is 1. The first-order chi connectivity index (χ1) is 12.4. The topological polar surface area (TPSA) is 83.6 Å². The second kappa shape index (κ2) is 7.79. The SMILES string of the molecule is Cc1ccc(S(=O)(=O)NC(C)C)c(C)c1N(C)S(=O)(=O)c1ccc(Cl)cc1. The Morgan fingerprint density at radius 2 is 1.52 bits per heavy atom. The molecule has 148 valence electrons. The van der Waals surface area contributed by atoms with Crippen LogP contribution in [0.1, 0.15) is 25.0 Å². The van der Waals surface area contributed by atoms with E-state index < -0.39 is 20.0 Å². The molecule has 0 aliphatic heterocycles. The molecule has 0 heterocycles. The fraction of sp³-hybridized carbons (Fsp3) is 0.333. The number of benzene rings is 2. The molecule has 0 bridgehead atoms. The Kier molecular flexibility index (Phi) is 6.26. The highest BCUT2D eigenvalue weighted by atomic mass is 35.5. The van der Waals surface area contributed by atoms with E-state index in [1.807, 2.05) is 0 Å². The van der Waals surface area contributed by atoms with E-state index in [-0.39, 0.29) is 15.8 Å². The van der Waals surface area contributed by atoms with Crippen LogP contribution in [0.4, 0.5) is 5.69 Å². The Balaban J connectivity index is 2.61. The zero-order valence-corrected chi connectivity index (χ0v) is 18.2. The maximum atomic E-state index is 13.0. The van der Waals surface area contributed by atoms with Gasteiger partial charge in [-0.2, -0.15) is 0 Å². The zero-order valence-electron chi connectivity index (χ0n) is 15.8. The van der Waals surface area contributed by atoms with Crippen LogP contribution in [-0.4, -0.2) is 29.9 Å². The maximum absolute atomic E-state index is 13.0. The van der Waals surface area contributed by atoms with Crippen LogP contribution in [0.2, 0.25) is 5.02 Å². The van der Waals surface area contributed by atoms with Gasteiger partial charge in [0.15, 0.2) is 0 Å². The van der Waals surface area contributed by atoms with E-state index >= 15 is 0 Å². The minimum Gasteiger partial charge on any atom is -0.269 e. The first-order valence-electron chi connectivity index (χ1n) is 8.25. The van der Waals surface area contributed by atoms with Gasteiger partial charge in [-0.1, -0.05) is 17.7 Å². The number of halogens is 1. The summed E-state index contributed by atoms with van der Waals surface area (Å²) in [4.78, 5) is 0.122. The van der Waals surface area contributed by atoms with Crippen LogP contribution in [0.25, 0.3) is 0 Å². The molecule has 0 aliphatic carbocycles. The van der Waals surface area contributed by atoms with Gasteiger partial charge in [0, 0.05) is 18.1 Å². The molecule has 2 rings (SSSR count). The third-order valence-corrected chi connectivity index (χ3v) is 7.88. The summed E-state index contributed by atoms with van der Waals surface area (Å²) in [5, 5.41) is 0.428. The van der Waals surface area contributed by atoms with Crippen molar-refractivity contribution in [1.82, 2.24) is 4.72 Å². The van der Waals surface area contributed by atoms with Gasteiger partial charge in [-0.15, -0.1) is 0 Å². The predicted octanol–water partition coefficient (Wildman–Crippen LogP) is 3.47. The molecule has 27 heavy (non-hydrogen) atoms. The van der Waals surface area contributed by atoms with Crippen LogP contribution < -0.4 is 9.03 Å². The van der Waals surface area contributed by atoms with Crippen molar-refractivity contribution in [2.45, 2.75) is 43.5 Å². The molecular formula is C18H23ClN2O4S2. The number of anilines is 1. The normalized spacial score (nSPS) is 12.4. The fourth-order valence-electron chi connectivity index (χ4n) is 2.85. The highest BCUT2D eigenvalue weighted by molar-refractivity contribution is 7.92. The highest BCUT2D eigenvalue weighted by Crippen LogP contribution is 2.33. The monoisotopic (exact) mass is 430 g/mol.